The molecule has 0 atom stereocenters. The minimum Gasteiger partial charge on any atom is -0.225 e. The van der Waals surface area contributed by atoms with Gasteiger partial charge in [0.05, 0.1) is 71.8 Å². The van der Waals surface area contributed by atoms with Crippen LogP contribution in [0.15, 0.2) is 109 Å². The Morgan fingerprint density at radius 3 is 1.04 bits per heavy atom. The lowest BCUT2D eigenvalue weighted by Crippen LogP contribution is -2.32. The number of fused-ring (bicyclic) bond motifs is 2. The summed E-state index contributed by atoms with van der Waals surface area (Å²) in [6.45, 7) is 0. The van der Waals surface area contributed by atoms with Gasteiger partial charge in [-0.3, -0.25) is 0 Å². The molecule has 2 heterocycles. The summed E-state index contributed by atoms with van der Waals surface area (Å²) in [5.74, 6) is 1.83. The van der Waals surface area contributed by atoms with Gasteiger partial charge in [0.1, 0.15) is 11.4 Å². The summed E-state index contributed by atoms with van der Waals surface area (Å²) in [5, 5.41) is 37.8. The Morgan fingerprint density at radius 2 is 0.739 bits per heavy atom. The van der Waals surface area contributed by atoms with E-state index < -0.39 is 0 Å². The summed E-state index contributed by atoms with van der Waals surface area (Å²) >= 11 is 0. The predicted octanol–water partition coefficient (Wildman–Crippen LogP) is 6.04. The third-order valence-electron chi connectivity index (χ3n) is 8.39. The van der Waals surface area contributed by atoms with E-state index in [4.69, 9.17) is 0 Å². The summed E-state index contributed by atoms with van der Waals surface area (Å²) in [6, 6.07) is 43.2. The van der Waals surface area contributed by atoms with Crippen LogP contribution in [0, 0.1) is 45.3 Å². The smallest absolute Gasteiger partial charge is 0.225 e. The molecule has 0 aliphatic rings. The molecule has 0 spiro atoms. The Hall–Kier alpha value is -7.00. The van der Waals surface area contributed by atoms with Crippen LogP contribution in [0.4, 0.5) is 0 Å². The van der Waals surface area contributed by atoms with Gasteiger partial charge in [-0.2, -0.15) is 30.2 Å². The van der Waals surface area contributed by atoms with Gasteiger partial charge in [-0.25, -0.2) is 9.13 Å². The highest BCUT2D eigenvalue weighted by Crippen LogP contribution is 2.33. The van der Waals surface area contributed by atoms with Crippen LogP contribution in [0.1, 0.15) is 22.3 Å². The van der Waals surface area contributed by atoms with E-state index in [-0.39, 0.29) is 0 Å². The third kappa shape index (κ3) is 4.35. The summed E-state index contributed by atoms with van der Waals surface area (Å²) in [6.07, 6.45) is 0. The van der Waals surface area contributed by atoms with Gasteiger partial charge in [0, 0.05) is 12.1 Å². The van der Waals surface area contributed by atoms with Crippen molar-refractivity contribution in [2.75, 3.05) is 0 Å². The second-order valence-electron chi connectivity index (χ2n) is 11.0. The van der Waals surface area contributed by atoms with Crippen molar-refractivity contribution >= 4 is 22.1 Å². The average Bonchev–Trinajstić information content (AvgIpc) is 3.57. The van der Waals surface area contributed by atoms with E-state index in [1.54, 1.807) is 0 Å². The lowest BCUT2D eigenvalue weighted by atomic mass is 10.1. The topological polar surface area (TPSA) is 113 Å². The van der Waals surface area contributed by atoms with Crippen molar-refractivity contribution in [3.8, 4) is 58.4 Å². The maximum atomic E-state index is 9.47. The number of imidazole rings is 2. The maximum Gasteiger partial charge on any atom is 0.294 e. The zero-order valence-electron chi connectivity index (χ0n) is 25.0. The second kappa shape index (κ2) is 10.9. The molecule has 0 radical (unpaired) electrons. The first-order chi connectivity index (χ1) is 22.4. The largest absolute Gasteiger partial charge is 0.294 e. The second-order valence-corrected chi connectivity index (χ2v) is 11.0. The number of nitriles is 4. The molecular formula is C38H24N8+2. The molecule has 0 saturated heterocycles. The number of aryl methyl sites for hydroxylation is 2. The van der Waals surface area contributed by atoms with Gasteiger partial charge in [-0.05, 0) is 97.1 Å². The Bertz CT molecular complexity index is 2310. The van der Waals surface area contributed by atoms with Crippen molar-refractivity contribution in [1.29, 1.82) is 21.0 Å². The van der Waals surface area contributed by atoms with Crippen LogP contribution in [-0.4, -0.2) is 9.13 Å². The number of hydrogen-bond acceptors (Lipinski definition) is 4. The first-order valence-electron chi connectivity index (χ1n) is 14.5. The van der Waals surface area contributed by atoms with Crippen LogP contribution >= 0.6 is 0 Å². The molecule has 0 aliphatic heterocycles. The first-order valence-corrected chi connectivity index (χ1v) is 14.5. The molecule has 0 aliphatic carbocycles. The highest BCUT2D eigenvalue weighted by molar-refractivity contribution is 5.93. The van der Waals surface area contributed by atoms with E-state index in [1.165, 1.54) is 0 Å². The quantitative estimate of drug-likeness (QED) is 0.232. The molecule has 0 N–H and O–H groups in total. The first kappa shape index (κ1) is 27.8. The fraction of sp³-hybridized carbons (Fsp3) is 0.0526. The zero-order valence-corrected chi connectivity index (χ0v) is 25.0. The van der Waals surface area contributed by atoms with Crippen molar-refractivity contribution in [3.63, 3.8) is 0 Å². The summed E-state index contributed by atoms with van der Waals surface area (Å²) in [4.78, 5) is 0. The molecule has 214 valence electrons. The molecule has 8 heteroatoms. The molecule has 8 nitrogen and oxygen atoms in total. The lowest BCUT2D eigenvalue weighted by Gasteiger charge is -2.05. The van der Waals surface area contributed by atoms with E-state index >= 15 is 0 Å². The van der Waals surface area contributed by atoms with E-state index in [0.29, 0.717) is 22.3 Å². The molecule has 0 saturated carbocycles. The van der Waals surface area contributed by atoms with Crippen molar-refractivity contribution in [2.45, 2.75) is 0 Å². The maximum absolute atomic E-state index is 9.47. The van der Waals surface area contributed by atoms with Crippen molar-refractivity contribution in [2.24, 2.45) is 14.1 Å². The molecule has 7 rings (SSSR count). The summed E-state index contributed by atoms with van der Waals surface area (Å²) < 4.78 is 8.65. The van der Waals surface area contributed by atoms with E-state index in [1.807, 2.05) is 111 Å². The number of benzene rings is 5. The van der Waals surface area contributed by atoms with Gasteiger partial charge in [-0.1, -0.05) is 0 Å². The van der Waals surface area contributed by atoms with Gasteiger partial charge in [-0.15, -0.1) is 0 Å². The zero-order chi connectivity index (χ0) is 31.9. The normalized spacial score (nSPS) is 10.7. The van der Waals surface area contributed by atoms with Crippen molar-refractivity contribution in [1.82, 2.24) is 9.13 Å². The van der Waals surface area contributed by atoms with Crippen LogP contribution in [0.2, 0.25) is 0 Å². The Balaban J connectivity index is 1.60. The Morgan fingerprint density at radius 1 is 0.435 bits per heavy atom. The fourth-order valence-electron chi connectivity index (χ4n) is 6.13. The minimum atomic E-state index is 0.570. The van der Waals surface area contributed by atoms with Gasteiger partial charge in [0.25, 0.3) is 11.6 Å². The molecular weight excluding hydrogens is 568 g/mol. The number of nitrogens with zero attached hydrogens (tertiary/aromatic N) is 8. The third-order valence-corrected chi connectivity index (χ3v) is 8.39. The lowest BCUT2D eigenvalue weighted by molar-refractivity contribution is -0.637. The molecule has 0 bridgehead atoms. The van der Waals surface area contributed by atoms with Crippen LogP contribution in [0.25, 0.3) is 56.2 Å². The van der Waals surface area contributed by atoms with E-state index in [0.717, 1.165) is 56.2 Å². The number of aromatic nitrogens is 4. The van der Waals surface area contributed by atoms with Crippen LogP contribution in [-0.2, 0) is 14.1 Å². The predicted molar refractivity (Wildman–Crippen MR) is 172 cm³/mol. The van der Waals surface area contributed by atoms with Crippen molar-refractivity contribution < 1.29 is 9.13 Å². The number of rotatable bonds is 4. The minimum absolute atomic E-state index is 0.570. The molecule has 0 fully saturated rings. The van der Waals surface area contributed by atoms with Crippen molar-refractivity contribution in [3.05, 3.63) is 131 Å². The summed E-state index contributed by atoms with van der Waals surface area (Å²) in [7, 11) is 4.06. The highest BCUT2D eigenvalue weighted by Gasteiger charge is 2.32. The average molecular weight is 593 g/mol. The standard InChI is InChI=1S/C38H24N8/c1-43-33-19-34-36(46(32-17-9-28(24-42)10-18-32)38(44(34)2)30-13-5-26(22-40)6-14-30)20-35(33)45(31-15-7-27(23-41)8-16-31)37(43)29-11-3-25(21-39)4-12-29/h3-20H,1-2H3/q+2. The van der Waals surface area contributed by atoms with Gasteiger partial charge < -0.3 is 0 Å². The molecule has 5 aromatic carbocycles. The van der Waals surface area contributed by atoms with Crippen LogP contribution in [0.5, 0.6) is 0 Å². The monoisotopic (exact) mass is 592 g/mol. The molecule has 0 amide bonds. The van der Waals surface area contributed by atoms with E-state index in [2.05, 4.69) is 54.7 Å². The van der Waals surface area contributed by atoms with Crippen LogP contribution < -0.4 is 9.13 Å². The van der Waals surface area contributed by atoms with Gasteiger partial charge in [0.15, 0.2) is 22.1 Å². The SMILES string of the molecule is C[n+]1c(-c2ccc(C#N)cc2)n(-c2ccc(C#N)cc2)c2cc3c(cc21)[n+](C)c(-c1ccc(C#N)cc1)n3-c1ccc(C#N)cc1. The highest BCUT2D eigenvalue weighted by atomic mass is 15.2. The summed E-state index contributed by atoms with van der Waals surface area (Å²) in [5.41, 5.74) is 9.79. The Kier molecular flexibility index (Phi) is 6.61. The van der Waals surface area contributed by atoms with Crippen LogP contribution in [0.3, 0.4) is 0 Å². The molecule has 7 aromatic rings. The van der Waals surface area contributed by atoms with Gasteiger partial charge >= 0.3 is 0 Å². The molecule has 46 heavy (non-hydrogen) atoms. The Labute approximate surface area is 264 Å². The molecule has 2 aromatic heterocycles. The molecule has 0 unspecified atom stereocenters. The van der Waals surface area contributed by atoms with E-state index in [9.17, 15) is 21.0 Å². The fourth-order valence-corrected chi connectivity index (χ4v) is 6.13. The number of hydrogen-bond donors (Lipinski definition) is 0. The van der Waals surface area contributed by atoms with Gasteiger partial charge in [0.2, 0.25) is 0 Å².